The van der Waals surface area contributed by atoms with Crippen LogP contribution in [0.5, 0.6) is 0 Å². The molecule has 1 unspecified atom stereocenters. The molecule has 2 saturated heterocycles. The van der Waals surface area contributed by atoms with Gasteiger partial charge in [-0.3, -0.25) is 0 Å². The summed E-state index contributed by atoms with van der Waals surface area (Å²) in [5.74, 6) is 5.13. The van der Waals surface area contributed by atoms with E-state index in [0.29, 0.717) is 5.25 Å². The van der Waals surface area contributed by atoms with Crippen LogP contribution in [0.1, 0.15) is 41.0 Å². The third-order valence-corrected chi connectivity index (χ3v) is 6.83. The van der Waals surface area contributed by atoms with Crippen molar-refractivity contribution in [3.63, 3.8) is 0 Å². The van der Waals surface area contributed by atoms with Crippen molar-refractivity contribution in [3.8, 4) is 0 Å². The van der Waals surface area contributed by atoms with E-state index < -0.39 is 0 Å². The van der Waals surface area contributed by atoms with Crippen LogP contribution in [-0.4, -0.2) is 34.1 Å². The number of ether oxygens (including phenoxy) is 1. The lowest BCUT2D eigenvalue weighted by Gasteiger charge is -2.18. The Morgan fingerprint density at radius 2 is 1.91 bits per heavy atom. The van der Waals surface area contributed by atoms with E-state index in [1.165, 1.54) is 11.3 Å². The average molecular weight is 334 g/mol. The highest BCUT2D eigenvalue weighted by atomic mass is 32.2. The van der Waals surface area contributed by atoms with E-state index in [0.717, 1.165) is 36.3 Å². The molecule has 0 radical (unpaired) electrons. The van der Waals surface area contributed by atoms with Gasteiger partial charge in [-0.1, -0.05) is 30.3 Å². The quantitative estimate of drug-likeness (QED) is 0.850. The number of aromatic nitrogens is 2. The van der Waals surface area contributed by atoms with Gasteiger partial charge in [-0.15, -0.1) is 22.0 Å². The van der Waals surface area contributed by atoms with Gasteiger partial charge in [0, 0.05) is 23.9 Å². The van der Waals surface area contributed by atoms with Crippen molar-refractivity contribution < 1.29 is 9.15 Å². The van der Waals surface area contributed by atoms with Crippen molar-refractivity contribution in [1.29, 1.82) is 0 Å². The molecule has 2 aliphatic rings. The Hall–Kier alpha value is -0.980. The molecular weight excluding hydrogens is 316 g/mol. The van der Waals surface area contributed by atoms with Crippen molar-refractivity contribution in [2.24, 2.45) is 0 Å². The highest BCUT2D eigenvalue weighted by molar-refractivity contribution is 8.06. The Morgan fingerprint density at radius 1 is 1.05 bits per heavy atom. The molecule has 2 aromatic rings. The molecule has 4 nitrogen and oxygen atoms in total. The van der Waals surface area contributed by atoms with Gasteiger partial charge in [-0.25, -0.2) is 0 Å². The Kier molecular flexibility index (Phi) is 4.41. The molecule has 0 spiro atoms. The van der Waals surface area contributed by atoms with Gasteiger partial charge in [-0.05, 0) is 12.0 Å². The van der Waals surface area contributed by atoms with E-state index in [1.54, 1.807) is 0 Å². The molecular formula is C16H18N2O2S2. The maximum Gasteiger partial charge on any atom is 0.230 e. The zero-order chi connectivity index (χ0) is 14.8. The van der Waals surface area contributed by atoms with Crippen molar-refractivity contribution in [2.45, 2.75) is 23.7 Å². The Balaban J connectivity index is 1.55. The average Bonchev–Trinajstić information content (AvgIpc) is 3.25. The van der Waals surface area contributed by atoms with Gasteiger partial charge in [0.15, 0.2) is 0 Å². The minimum absolute atomic E-state index is 0.0304. The summed E-state index contributed by atoms with van der Waals surface area (Å²) in [5.41, 5.74) is 1.19. The lowest BCUT2D eigenvalue weighted by Crippen LogP contribution is -2.07. The van der Waals surface area contributed by atoms with Gasteiger partial charge in [0.25, 0.3) is 0 Å². The number of thioether (sulfide) groups is 2. The number of rotatable bonds is 3. The topological polar surface area (TPSA) is 48.2 Å². The first-order valence-corrected chi connectivity index (χ1v) is 9.81. The van der Waals surface area contributed by atoms with E-state index in [1.807, 2.05) is 41.7 Å². The van der Waals surface area contributed by atoms with Crippen LogP contribution in [0.3, 0.4) is 0 Å². The van der Waals surface area contributed by atoms with Crippen LogP contribution >= 0.6 is 23.5 Å². The molecule has 1 aromatic heterocycles. The number of hydrogen-bond donors (Lipinski definition) is 0. The van der Waals surface area contributed by atoms with Crippen molar-refractivity contribution in [2.75, 3.05) is 23.9 Å². The minimum Gasteiger partial charge on any atom is -0.424 e. The van der Waals surface area contributed by atoms with Crippen LogP contribution in [0, 0.1) is 0 Å². The molecule has 0 amide bonds. The van der Waals surface area contributed by atoms with E-state index in [9.17, 15) is 0 Å². The maximum absolute atomic E-state index is 6.02. The molecule has 0 bridgehead atoms. The number of hydrogen-bond acceptors (Lipinski definition) is 6. The zero-order valence-corrected chi connectivity index (χ0v) is 13.8. The second-order valence-electron chi connectivity index (χ2n) is 5.51. The van der Waals surface area contributed by atoms with Gasteiger partial charge in [0.1, 0.15) is 0 Å². The molecule has 116 valence electrons. The van der Waals surface area contributed by atoms with Crippen LogP contribution in [0.15, 0.2) is 34.7 Å². The molecule has 2 aliphatic heterocycles. The van der Waals surface area contributed by atoms with Crippen LogP contribution in [0.2, 0.25) is 0 Å². The zero-order valence-electron chi connectivity index (χ0n) is 12.2. The molecule has 0 saturated carbocycles. The van der Waals surface area contributed by atoms with E-state index >= 15 is 0 Å². The van der Waals surface area contributed by atoms with Gasteiger partial charge in [-0.2, -0.15) is 11.8 Å². The summed E-state index contributed by atoms with van der Waals surface area (Å²) in [6.45, 7) is 0.746. The maximum atomic E-state index is 6.02. The van der Waals surface area contributed by atoms with Gasteiger partial charge >= 0.3 is 0 Å². The highest BCUT2D eigenvalue weighted by Crippen LogP contribution is 2.42. The molecule has 2 fully saturated rings. The second kappa shape index (κ2) is 6.64. The summed E-state index contributed by atoms with van der Waals surface area (Å²) in [4.78, 5) is 0. The summed E-state index contributed by atoms with van der Waals surface area (Å²) in [5, 5.41) is 8.98. The summed E-state index contributed by atoms with van der Waals surface area (Å²) >= 11 is 3.88. The fourth-order valence-electron chi connectivity index (χ4n) is 2.97. The molecule has 3 heterocycles. The molecule has 0 N–H and O–H groups in total. The first-order valence-electron chi connectivity index (χ1n) is 7.61. The van der Waals surface area contributed by atoms with Gasteiger partial charge < -0.3 is 9.15 Å². The summed E-state index contributed by atoms with van der Waals surface area (Å²) < 4.78 is 11.9. The molecule has 6 heteroatoms. The molecule has 22 heavy (non-hydrogen) atoms. The molecule has 3 atom stereocenters. The molecule has 4 rings (SSSR count). The Labute approximate surface area is 138 Å². The minimum atomic E-state index is 0.0304. The normalized spacial score (nSPS) is 28.8. The highest BCUT2D eigenvalue weighted by Gasteiger charge is 2.35. The second-order valence-corrected chi connectivity index (χ2v) is 7.97. The standard InChI is InChI=1S/C16H18N2O2S2/c1-2-4-11(5-3-1)14-12(6-7-19-14)15-17-18-16(20-15)13-10-21-8-9-22-13/h1-5,12-14H,6-10H2/t12-,13?,14+/m0/s1. The van der Waals surface area contributed by atoms with Crippen molar-refractivity contribution in [3.05, 3.63) is 47.7 Å². The first-order chi connectivity index (χ1) is 10.9. The number of benzene rings is 1. The van der Waals surface area contributed by atoms with Crippen LogP contribution < -0.4 is 0 Å². The van der Waals surface area contributed by atoms with Crippen molar-refractivity contribution >= 4 is 23.5 Å². The van der Waals surface area contributed by atoms with E-state index in [2.05, 4.69) is 22.3 Å². The summed E-state index contributed by atoms with van der Waals surface area (Å²) in [6, 6.07) is 10.3. The summed E-state index contributed by atoms with van der Waals surface area (Å²) in [6.07, 6.45) is 0.969. The predicted molar refractivity (Wildman–Crippen MR) is 89.3 cm³/mol. The lowest BCUT2D eigenvalue weighted by atomic mass is 9.95. The third-order valence-electron chi connectivity index (χ3n) is 4.08. The Morgan fingerprint density at radius 3 is 2.73 bits per heavy atom. The summed E-state index contributed by atoms with van der Waals surface area (Å²) in [7, 11) is 0. The van der Waals surface area contributed by atoms with E-state index in [4.69, 9.17) is 9.15 Å². The van der Waals surface area contributed by atoms with Crippen LogP contribution in [-0.2, 0) is 4.74 Å². The van der Waals surface area contributed by atoms with Crippen LogP contribution in [0.25, 0.3) is 0 Å². The first kappa shape index (κ1) is 14.6. The largest absolute Gasteiger partial charge is 0.424 e. The predicted octanol–water partition coefficient (Wildman–Crippen LogP) is 3.84. The third kappa shape index (κ3) is 2.92. The van der Waals surface area contributed by atoms with E-state index in [-0.39, 0.29) is 12.0 Å². The fourth-order valence-corrected chi connectivity index (χ4v) is 5.55. The number of nitrogens with zero attached hydrogens (tertiary/aromatic N) is 2. The Bertz CT molecular complexity index is 614. The van der Waals surface area contributed by atoms with Gasteiger partial charge in [0.05, 0.1) is 17.3 Å². The van der Waals surface area contributed by atoms with Gasteiger partial charge in [0.2, 0.25) is 11.8 Å². The fraction of sp³-hybridized carbons (Fsp3) is 0.500. The smallest absolute Gasteiger partial charge is 0.230 e. The lowest BCUT2D eigenvalue weighted by molar-refractivity contribution is 0.0997. The van der Waals surface area contributed by atoms with Crippen molar-refractivity contribution in [1.82, 2.24) is 10.2 Å². The molecule has 1 aromatic carbocycles. The van der Waals surface area contributed by atoms with Crippen LogP contribution in [0.4, 0.5) is 0 Å². The monoisotopic (exact) mass is 334 g/mol. The molecule has 0 aliphatic carbocycles. The SMILES string of the molecule is c1ccc([C@H]2OCC[C@@H]2c2nnc(C3CSCCS3)o2)cc1.